The van der Waals surface area contributed by atoms with Crippen LogP contribution in [0.1, 0.15) is 24.8 Å². The number of rotatable bonds is 4. The first-order valence-electron chi connectivity index (χ1n) is 5.45. The van der Waals surface area contributed by atoms with E-state index >= 15 is 0 Å². The number of halogens is 2. The third kappa shape index (κ3) is 2.32. The zero-order valence-corrected chi connectivity index (χ0v) is 8.97. The van der Waals surface area contributed by atoms with Crippen molar-refractivity contribution in [1.29, 1.82) is 0 Å². The molecular formula is C12H15F2NO. The molecule has 0 amide bonds. The summed E-state index contributed by atoms with van der Waals surface area (Å²) >= 11 is 0. The molecule has 0 unspecified atom stereocenters. The van der Waals surface area contributed by atoms with E-state index in [0.717, 1.165) is 6.42 Å². The Labute approximate surface area is 93.3 Å². The number of hydrogen-bond acceptors (Lipinski definition) is 2. The van der Waals surface area contributed by atoms with E-state index in [1.165, 1.54) is 18.2 Å². The van der Waals surface area contributed by atoms with Gasteiger partial charge in [0.2, 0.25) is 0 Å². The molecule has 1 fully saturated rings. The molecule has 0 radical (unpaired) electrons. The molecule has 1 saturated carbocycles. The second kappa shape index (κ2) is 4.37. The maximum atomic E-state index is 13.7. The lowest BCUT2D eigenvalue weighted by Gasteiger charge is -2.34. The van der Waals surface area contributed by atoms with E-state index in [2.05, 4.69) is 5.32 Å². The third-order valence-corrected chi connectivity index (χ3v) is 3.08. The van der Waals surface area contributed by atoms with Crippen LogP contribution in [0.2, 0.25) is 0 Å². The Morgan fingerprint density at radius 2 is 2.12 bits per heavy atom. The van der Waals surface area contributed by atoms with Gasteiger partial charge in [0.15, 0.2) is 0 Å². The first-order chi connectivity index (χ1) is 7.63. The van der Waals surface area contributed by atoms with Crippen molar-refractivity contribution in [3.8, 4) is 0 Å². The first kappa shape index (κ1) is 11.3. The van der Waals surface area contributed by atoms with Gasteiger partial charge in [-0.25, -0.2) is 8.78 Å². The van der Waals surface area contributed by atoms with Gasteiger partial charge in [-0.1, -0.05) is 0 Å². The van der Waals surface area contributed by atoms with Crippen LogP contribution in [0.25, 0.3) is 0 Å². The molecular weight excluding hydrogens is 212 g/mol. The molecule has 0 bridgehead atoms. The fourth-order valence-electron chi connectivity index (χ4n) is 1.86. The predicted octanol–water partition coefficient (Wildman–Crippen LogP) is 2.62. The van der Waals surface area contributed by atoms with Crippen molar-refractivity contribution >= 4 is 5.69 Å². The summed E-state index contributed by atoms with van der Waals surface area (Å²) in [5.74, 6) is -0.395. The van der Waals surface area contributed by atoms with Gasteiger partial charge in [0.1, 0.15) is 11.5 Å². The Bertz CT molecular complexity index is 377. The maximum Gasteiger partial charge on any atom is 0.128 e. The van der Waals surface area contributed by atoms with Crippen LogP contribution in [-0.4, -0.2) is 17.3 Å². The smallest absolute Gasteiger partial charge is 0.128 e. The van der Waals surface area contributed by atoms with E-state index in [-0.39, 0.29) is 13.2 Å². The topological polar surface area (TPSA) is 32.3 Å². The van der Waals surface area contributed by atoms with Gasteiger partial charge in [-0.05, 0) is 37.5 Å². The quantitative estimate of drug-likeness (QED) is 0.828. The van der Waals surface area contributed by atoms with Crippen molar-refractivity contribution < 1.29 is 13.9 Å². The second-order valence-corrected chi connectivity index (χ2v) is 4.32. The molecule has 2 nitrogen and oxygen atoms in total. The molecule has 0 spiro atoms. The van der Waals surface area contributed by atoms with Gasteiger partial charge in [0, 0.05) is 17.8 Å². The Morgan fingerprint density at radius 3 is 2.69 bits per heavy atom. The minimum Gasteiger partial charge on any atom is -0.392 e. The Kier molecular flexibility index (Phi) is 3.10. The van der Waals surface area contributed by atoms with E-state index in [0.29, 0.717) is 24.1 Å². The molecule has 1 aromatic rings. The zero-order valence-electron chi connectivity index (χ0n) is 8.97. The van der Waals surface area contributed by atoms with Crippen LogP contribution < -0.4 is 5.32 Å². The summed E-state index contributed by atoms with van der Waals surface area (Å²) in [6, 6.07) is 4.09. The summed E-state index contributed by atoms with van der Waals surface area (Å²) < 4.78 is 26.6. The minimum absolute atomic E-state index is 0.228. The zero-order chi connectivity index (χ0) is 11.6. The number of aliphatic hydroxyl groups excluding tert-OH is 1. The van der Waals surface area contributed by atoms with Crippen LogP contribution in [0.15, 0.2) is 18.2 Å². The number of hydrogen-bond donors (Lipinski definition) is 2. The van der Waals surface area contributed by atoms with Crippen LogP contribution in [0.4, 0.5) is 14.5 Å². The molecule has 0 aromatic heterocycles. The van der Waals surface area contributed by atoms with Crippen LogP contribution in [0.3, 0.4) is 0 Å². The number of alkyl halides is 1. The van der Waals surface area contributed by atoms with E-state index < -0.39 is 11.5 Å². The van der Waals surface area contributed by atoms with Crippen molar-refractivity contribution in [2.45, 2.75) is 31.5 Å². The molecule has 1 aliphatic carbocycles. The van der Waals surface area contributed by atoms with Gasteiger partial charge in [-0.3, -0.25) is 0 Å². The summed E-state index contributed by atoms with van der Waals surface area (Å²) in [6.07, 6.45) is 2.08. The molecule has 16 heavy (non-hydrogen) atoms. The molecule has 4 heteroatoms. The fourth-order valence-corrected chi connectivity index (χ4v) is 1.86. The summed E-state index contributed by atoms with van der Waals surface area (Å²) in [7, 11) is 0. The third-order valence-electron chi connectivity index (χ3n) is 3.08. The Balaban J connectivity index is 2.03. The highest BCUT2D eigenvalue weighted by Gasteiger charge is 2.36. The van der Waals surface area contributed by atoms with Crippen LogP contribution in [0, 0.1) is 5.82 Å². The highest BCUT2D eigenvalue weighted by Crippen LogP contribution is 2.36. The van der Waals surface area contributed by atoms with Gasteiger partial charge < -0.3 is 10.4 Å². The summed E-state index contributed by atoms with van der Waals surface area (Å²) in [5, 5.41) is 12.0. The van der Waals surface area contributed by atoms with Crippen molar-refractivity contribution in [2.75, 3.05) is 11.9 Å². The average Bonchev–Trinajstić information content (AvgIpc) is 2.24. The highest BCUT2D eigenvalue weighted by atomic mass is 19.1. The summed E-state index contributed by atoms with van der Waals surface area (Å²) in [4.78, 5) is 0. The first-order valence-corrected chi connectivity index (χ1v) is 5.45. The monoisotopic (exact) mass is 227 g/mol. The molecule has 0 aliphatic heterocycles. The Hall–Kier alpha value is -1.16. The van der Waals surface area contributed by atoms with E-state index in [4.69, 9.17) is 5.11 Å². The summed E-state index contributed by atoms with van der Waals surface area (Å²) in [6.45, 7) is -0.0228. The van der Waals surface area contributed by atoms with Gasteiger partial charge in [0.05, 0.1) is 6.61 Å². The Morgan fingerprint density at radius 1 is 1.38 bits per heavy atom. The van der Waals surface area contributed by atoms with Crippen molar-refractivity contribution in [3.63, 3.8) is 0 Å². The van der Waals surface area contributed by atoms with Crippen LogP contribution in [-0.2, 0) is 6.61 Å². The fraction of sp³-hybridized carbons (Fsp3) is 0.500. The van der Waals surface area contributed by atoms with Gasteiger partial charge in [-0.2, -0.15) is 0 Å². The van der Waals surface area contributed by atoms with Gasteiger partial charge in [0.25, 0.3) is 0 Å². The lowest BCUT2D eigenvalue weighted by Crippen LogP contribution is -2.39. The molecule has 0 heterocycles. The number of aliphatic hydroxyl groups is 1. The van der Waals surface area contributed by atoms with E-state index in [9.17, 15) is 8.78 Å². The van der Waals surface area contributed by atoms with Crippen LogP contribution in [0.5, 0.6) is 0 Å². The highest BCUT2D eigenvalue weighted by molar-refractivity contribution is 5.51. The number of benzene rings is 1. The van der Waals surface area contributed by atoms with E-state index in [1.54, 1.807) is 0 Å². The van der Waals surface area contributed by atoms with Gasteiger partial charge in [-0.15, -0.1) is 0 Å². The molecule has 1 aromatic carbocycles. The number of anilines is 1. The predicted molar refractivity (Wildman–Crippen MR) is 58.5 cm³/mol. The second-order valence-electron chi connectivity index (χ2n) is 4.32. The summed E-state index contributed by atoms with van der Waals surface area (Å²) in [5.41, 5.74) is -0.0584. The lowest BCUT2D eigenvalue weighted by molar-refractivity contribution is 0.0784. The van der Waals surface area contributed by atoms with Crippen molar-refractivity contribution in [2.24, 2.45) is 0 Å². The van der Waals surface area contributed by atoms with E-state index in [1.807, 2.05) is 0 Å². The van der Waals surface area contributed by atoms with Crippen molar-refractivity contribution in [3.05, 3.63) is 29.6 Å². The number of nitrogens with one attached hydrogen (secondary N) is 1. The molecule has 88 valence electrons. The molecule has 2 N–H and O–H groups in total. The van der Waals surface area contributed by atoms with Gasteiger partial charge >= 0.3 is 0 Å². The average molecular weight is 227 g/mol. The molecule has 0 saturated heterocycles. The lowest BCUT2D eigenvalue weighted by atomic mass is 9.82. The largest absolute Gasteiger partial charge is 0.392 e. The van der Waals surface area contributed by atoms with Crippen molar-refractivity contribution in [1.82, 2.24) is 0 Å². The molecule has 2 rings (SSSR count). The molecule has 1 aliphatic rings. The minimum atomic E-state index is -1.12. The normalized spacial score (nSPS) is 17.9. The maximum absolute atomic E-state index is 13.7. The standard InChI is InChI=1S/C12H15F2NO/c13-10-2-3-11(9(6-10)7-16)15-8-12(14)4-1-5-12/h2-3,6,15-16H,1,4-5,7-8H2. The molecule has 0 atom stereocenters. The van der Waals surface area contributed by atoms with Crippen LogP contribution >= 0.6 is 0 Å². The SMILES string of the molecule is OCc1cc(F)ccc1NCC1(F)CCC1.